The van der Waals surface area contributed by atoms with Crippen molar-refractivity contribution < 1.29 is 24.0 Å². The molecule has 1 aliphatic rings. The number of benzene rings is 3. The van der Waals surface area contributed by atoms with Gasteiger partial charge >= 0.3 is 5.97 Å². The number of hydrogen-bond acceptors (Lipinski definition) is 6. The number of halogens is 1. The van der Waals surface area contributed by atoms with Gasteiger partial charge in [0, 0.05) is 23.2 Å². The zero-order valence-electron chi connectivity index (χ0n) is 15.2. The van der Waals surface area contributed by atoms with E-state index in [1.54, 1.807) is 30.3 Å². The monoisotopic (exact) mass is 421 g/mol. The first-order valence-electron chi connectivity index (χ1n) is 8.72. The van der Waals surface area contributed by atoms with Crippen molar-refractivity contribution in [3.63, 3.8) is 0 Å². The number of allylic oxidation sites excluding steroid dienone is 1. The normalized spacial score (nSPS) is 13.6. The fourth-order valence-electron chi connectivity index (χ4n) is 2.88. The van der Waals surface area contributed by atoms with Crippen molar-refractivity contribution in [1.82, 2.24) is 0 Å². The van der Waals surface area contributed by atoms with Gasteiger partial charge in [-0.15, -0.1) is 0 Å². The van der Waals surface area contributed by atoms with Crippen molar-refractivity contribution in [1.29, 1.82) is 0 Å². The highest BCUT2D eigenvalue weighted by atomic mass is 35.5. The second-order valence-electron chi connectivity index (χ2n) is 6.32. The standard InChI is InChI=1S/C22H12ClNO6/c23-18-7-2-1-4-13(18)11-20-21(25)17-9-8-16(12-19(17)30-20)29-22(26)14-5-3-6-15(10-14)24(27)28/h1-12H. The second kappa shape index (κ2) is 7.81. The number of Topliss-reactive ketones (excluding diaryl/α,β-unsaturated/α-hetero) is 1. The highest BCUT2D eigenvalue weighted by Crippen LogP contribution is 2.35. The number of non-ortho nitro benzene ring substituents is 1. The Hall–Kier alpha value is -3.97. The fourth-order valence-corrected chi connectivity index (χ4v) is 3.07. The molecule has 0 unspecified atom stereocenters. The topological polar surface area (TPSA) is 95.7 Å². The minimum Gasteiger partial charge on any atom is -0.452 e. The number of nitro benzene ring substituents is 1. The van der Waals surface area contributed by atoms with Gasteiger partial charge in [0.2, 0.25) is 5.78 Å². The van der Waals surface area contributed by atoms with Crippen LogP contribution in [0.2, 0.25) is 5.02 Å². The minimum absolute atomic E-state index is 0.0287. The van der Waals surface area contributed by atoms with Gasteiger partial charge in [0.05, 0.1) is 16.1 Å². The van der Waals surface area contributed by atoms with Crippen molar-refractivity contribution in [2.75, 3.05) is 0 Å². The number of carbonyl (C=O) groups is 2. The van der Waals surface area contributed by atoms with Crippen LogP contribution in [-0.2, 0) is 0 Å². The van der Waals surface area contributed by atoms with E-state index in [0.717, 1.165) is 6.07 Å². The molecule has 4 rings (SSSR count). The lowest BCUT2D eigenvalue weighted by atomic mass is 10.1. The number of hydrogen-bond donors (Lipinski definition) is 0. The third-order valence-corrected chi connectivity index (χ3v) is 4.68. The highest BCUT2D eigenvalue weighted by molar-refractivity contribution is 6.32. The number of esters is 1. The molecule has 0 radical (unpaired) electrons. The third-order valence-electron chi connectivity index (χ3n) is 4.34. The maximum Gasteiger partial charge on any atom is 0.343 e. The van der Waals surface area contributed by atoms with Crippen LogP contribution in [0.15, 0.2) is 72.5 Å². The number of nitro groups is 1. The lowest BCUT2D eigenvalue weighted by molar-refractivity contribution is -0.384. The predicted octanol–water partition coefficient (Wildman–Crippen LogP) is 5.08. The predicted molar refractivity (Wildman–Crippen MR) is 109 cm³/mol. The lowest BCUT2D eigenvalue weighted by Crippen LogP contribution is -2.08. The van der Waals surface area contributed by atoms with E-state index in [4.69, 9.17) is 21.1 Å². The molecule has 0 aromatic heterocycles. The van der Waals surface area contributed by atoms with E-state index in [2.05, 4.69) is 0 Å². The molecule has 148 valence electrons. The average molecular weight is 422 g/mol. The maximum absolute atomic E-state index is 12.6. The molecule has 0 fully saturated rings. The maximum atomic E-state index is 12.6. The Labute approximate surface area is 175 Å². The van der Waals surface area contributed by atoms with Crippen LogP contribution < -0.4 is 9.47 Å². The van der Waals surface area contributed by atoms with Crippen molar-refractivity contribution in [2.45, 2.75) is 0 Å². The molecule has 0 saturated heterocycles. The Kier molecular flexibility index (Phi) is 5.04. The highest BCUT2D eigenvalue weighted by Gasteiger charge is 2.28. The van der Waals surface area contributed by atoms with Gasteiger partial charge in [-0.25, -0.2) is 4.79 Å². The summed E-state index contributed by atoms with van der Waals surface area (Å²) in [7, 11) is 0. The number of rotatable bonds is 4. The summed E-state index contributed by atoms with van der Waals surface area (Å²) >= 11 is 6.12. The number of nitrogens with zero attached hydrogens (tertiary/aromatic N) is 1. The van der Waals surface area contributed by atoms with E-state index >= 15 is 0 Å². The Morgan fingerprint density at radius 1 is 1.07 bits per heavy atom. The molecule has 0 N–H and O–H groups in total. The summed E-state index contributed by atoms with van der Waals surface area (Å²) in [6.45, 7) is 0. The van der Waals surface area contributed by atoms with E-state index in [0.29, 0.717) is 16.1 Å². The summed E-state index contributed by atoms with van der Waals surface area (Å²) in [4.78, 5) is 35.1. The number of carbonyl (C=O) groups excluding carboxylic acids is 2. The van der Waals surface area contributed by atoms with Crippen LogP contribution in [0.3, 0.4) is 0 Å². The molecule has 0 bridgehead atoms. The molecule has 1 heterocycles. The molecule has 0 amide bonds. The van der Waals surface area contributed by atoms with Crippen LogP contribution in [0, 0.1) is 10.1 Å². The Morgan fingerprint density at radius 3 is 2.63 bits per heavy atom. The van der Waals surface area contributed by atoms with Crippen molar-refractivity contribution in [3.8, 4) is 11.5 Å². The molecule has 30 heavy (non-hydrogen) atoms. The van der Waals surface area contributed by atoms with Gasteiger partial charge in [-0.05, 0) is 35.9 Å². The van der Waals surface area contributed by atoms with Crippen LogP contribution in [0.4, 0.5) is 5.69 Å². The quantitative estimate of drug-likeness (QED) is 0.191. The Balaban J connectivity index is 1.56. The summed E-state index contributed by atoms with van der Waals surface area (Å²) in [5.41, 5.74) is 0.763. The van der Waals surface area contributed by atoms with Gasteiger partial charge in [-0.3, -0.25) is 14.9 Å². The Morgan fingerprint density at radius 2 is 1.87 bits per heavy atom. The van der Waals surface area contributed by atoms with Gasteiger partial charge < -0.3 is 9.47 Å². The van der Waals surface area contributed by atoms with Crippen molar-refractivity contribution >= 4 is 35.1 Å². The van der Waals surface area contributed by atoms with E-state index in [9.17, 15) is 19.7 Å². The largest absolute Gasteiger partial charge is 0.452 e. The SMILES string of the molecule is O=C(Oc1ccc2c(c1)OC(=Cc1ccccc1Cl)C2=O)c1cccc([N+](=O)[O-])c1. The first kappa shape index (κ1) is 19.4. The van der Waals surface area contributed by atoms with Gasteiger partial charge in [0.25, 0.3) is 5.69 Å². The molecule has 0 saturated carbocycles. The van der Waals surface area contributed by atoms with E-state index in [-0.39, 0.29) is 34.3 Å². The van der Waals surface area contributed by atoms with E-state index in [1.165, 1.54) is 36.4 Å². The molecule has 7 nitrogen and oxygen atoms in total. The van der Waals surface area contributed by atoms with Crippen LogP contribution in [-0.4, -0.2) is 16.7 Å². The molecule has 3 aromatic rings. The minimum atomic E-state index is -0.769. The van der Waals surface area contributed by atoms with Crippen molar-refractivity contribution in [3.05, 3.63) is 104 Å². The van der Waals surface area contributed by atoms with Crippen LogP contribution >= 0.6 is 11.6 Å². The fraction of sp³-hybridized carbons (Fsp3) is 0. The number of fused-ring (bicyclic) bond motifs is 1. The van der Waals surface area contributed by atoms with E-state index < -0.39 is 10.9 Å². The summed E-state index contributed by atoms with van der Waals surface area (Å²) in [6, 6.07) is 16.6. The summed E-state index contributed by atoms with van der Waals surface area (Å²) in [5.74, 6) is -0.615. The number of ether oxygens (including phenoxy) is 2. The lowest BCUT2D eigenvalue weighted by Gasteiger charge is -2.05. The zero-order valence-corrected chi connectivity index (χ0v) is 16.0. The third kappa shape index (κ3) is 3.78. The van der Waals surface area contributed by atoms with Gasteiger partial charge in [-0.1, -0.05) is 35.9 Å². The zero-order chi connectivity index (χ0) is 21.3. The van der Waals surface area contributed by atoms with Gasteiger partial charge in [-0.2, -0.15) is 0 Å². The molecular formula is C22H12ClNO6. The van der Waals surface area contributed by atoms with E-state index in [1.807, 2.05) is 0 Å². The molecule has 3 aromatic carbocycles. The summed E-state index contributed by atoms with van der Waals surface area (Å²) in [5, 5.41) is 11.3. The van der Waals surface area contributed by atoms with Crippen LogP contribution in [0.25, 0.3) is 6.08 Å². The van der Waals surface area contributed by atoms with Gasteiger partial charge in [0.1, 0.15) is 11.5 Å². The van der Waals surface area contributed by atoms with Gasteiger partial charge in [0.15, 0.2) is 5.76 Å². The molecular weight excluding hydrogens is 410 g/mol. The smallest absolute Gasteiger partial charge is 0.343 e. The van der Waals surface area contributed by atoms with Crippen LogP contribution in [0.5, 0.6) is 11.5 Å². The van der Waals surface area contributed by atoms with Crippen molar-refractivity contribution in [2.24, 2.45) is 0 Å². The molecule has 1 aliphatic heterocycles. The number of ketones is 1. The first-order chi connectivity index (χ1) is 14.4. The Bertz CT molecular complexity index is 1230. The second-order valence-corrected chi connectivity index (χ2v) is 6.72. The average Bonchev–Trinajstić information content (AvgIpc) is 3.04. The summed E-state index contributed by atoms with van der Waals surface area (Å²) in [6.07, 6.45) is 1.54. The first-order valence-corrected chi connectivity index (χ1v) is 9.09. The molecule has 0 aliphatic carbocycles. The summed E-state index contributed by atoms with van der Waals surface area (Å²) < 4.78 is 10.9. The molecule has 0 spiro atoms. The molecule has 8 heteroatoms. The molecule has 0 atom stereocenters. The van der Waals surface area contributed by atoms with Crippen LogP contribution in [0.1, 0.15) is 26.3 Å².